The topological polar surface area (TPSA) is 48.0 Å². The number of benzene rings is 1. The number of rotatable bonds is 1. The minimum atomic E-state index is -0.0594. The number of ether oxygens (including phenoxy) is 3. The molecule has 2 heterocycles. The molecule has 0 saturated carbocycles. The van der Waals surface area contributed by atoms with E-state index in [0.29, 0.717) is 48.4 Å². The molecule has 1 amide bonds. The molecule has 1 aromatic carbocycles. The van der Waals surface area contributed by atoms with Crippen LogP contribution >= 0.6 is 11.6 Å². The highest BCUT2D eigenvalue weighted by Gasteiger charge is 2.28. The van der Waals surface area contributed by atoms with Crippen molar-refractivity contribution >= 4 is 17.5 Å². The average molecular weight is 312 g/mol. The molecule has 0 aliphatic carbocycles. The molecule has 1 fully saturated rings. The number of hydrogen-bond donors (Lipinski definition) is 0. The summed E-state index contributed by atoms with van der Waals surface area (Å²) in [5.74, 6) is 0.991. The zero-order chi connectivity index (χ0) is 15.0. The SMILES string of the molecule is C[C@H]1CN(C(=O)c2cc(Cl)c3c(c2)OCCO3)C[C@H](C)O1. The Morgan fingerprint density at radius 3 is 2.57 bits per heavy atom. The lowest BCUT2D eigenvalue weighted by atomic mass is 10.1. The molecule has 2 atom stereocenters. The van der Waals surface area contributed by atoms with Crippen LogP contribution in [0.2, 0.25) is 5.02 Å². The minimum absolute atomic E-state index is 0.0328. The number of carbonyl (C=O) groups excluding carboxylic acids is 1. The molecule has 0 aromatic heterocycles. The molecule has 3 rings (SSSR count). The van der Waals surface area contributed by atoms with Crippen molar-refractivity contribution in [1.29, 1.82) is 0 Å². The fraction of sp³-hybridized carbons (Fsp3) is 0.533. The number of halogens is 1. The molecule has 0 spiro atoms. The Hall–Kier alpha value is -1.46. The predicted octanol–water partition coefficient (Wildman–Crippen LogP) is 2.36. The third-order valence-electron chi connectivity index (χ3n) is 3.55. The molecule has 114 valence electrons. The fourth-order valence-corrected chi connectivity index (χ4v) is 3.03. The Kier molecular flexibility index (Phi) is 3.95. The highest BCUT2D eigenvalue weighted by Crippen LogP contribution is 2.38. The van der Waals surface area contributed by atoms with Crippen LogP contribution in [0.25, 0.3) is 0 Å². The third kappa shape index (κ3) is 2.94. The van der Waals surface area contributed by atoms with E-state index in [-0.39, 0.29) is 18.1 Å². The molecule has 2 aliphatic heterocycles. The first-order valence-electron chi connectivity index (χ1n) is 7.08. The first-order chi connectivity index (χ1) is 10.0. The van der Waals surface area contributed by atoms with Crippen LogP contribution in [-0.2, 0) is 4.74 Å². The summed E-state index contributed by atoms with van der Waals surface area (Å²) in [5, 5.41) is 0.407. The van der Waals surface area contributed by atoms with Gasteiger partial charge in [-0.2, -0.15) is 0 Å². The van der Waals surface area contributed by atoms with Gasteiger partial charge in [0.25, 0.3) is 5.91 Å². The van der Waals surface area contributed by atoms with Gasteiger partial charge in [-0.25, -0.2) is 0 Å². The van der Waals surface area contributed by atoms with E-state index in [1.807, 2.05) is 13.8 Å². The van der Waals surface area contributed by atoms with Crippen molar-refractivity contribution in [3.63, 3.8) is 0 Å². The van der Waals surface area contributed by atoms with E-state index in [0.717, 1.165) is 0 Å². The Morgan fingerprint density at radius 2 is 1.86 bits per heavy atom. The Balaban J connectivity index is 1.86. The molecule has 5 nitrogen and oxygen atoms in total. The quantitative estimate of drug-likeness (QED) is 0.799. The molecule has 6 heteroatoms. The van der Waals surface area contributed by atoms with Crippen molar-refractivity contribution in [2.24, 2.45) is 0 Å². The number of carbonyl (C=O) groups is 1. The Morgan fingerprint density at radius 1 is 1.19 bits per heavy atom. The van der Waals surface area contributed by atoms with Crippen molar-refractivity contribution in [2.75, 3.05) is 26.3 Å². The summed E-state index contributed by atoms with van der Waals surface area (Å²) in [7, 11) is 0. The van der Waals surface area contributed by atoms with Crippen molar-refractivity contribution in [3.8, 4) is 11.5 Å². The van der Waals surface area contributed by atoms with Gasteiger partial charge in [-0.1, -0.05) is 11.6 Å². The molecule has 0 bridgehead atoms. The maximum Gasteiger partial charge on any atom is 0.254 e. The molecule has 0 radical (unpaired) electrons. The second kappa shape index (κ2) is 5.73. The largest absolute Gasteiger partial charge is 0.486 e. The number of nitrogens with zero attached hydrogens (tertiary/aromatic N) is 1. The van der Waals surface area contributed by atoms with Gasteiger partial charge in [0, 0.05) is 18.7 Å². The maximum absolute atomic E-state index is 12.6. The summed E-state index contributed by atoms with van der Waals surface area (Å²) in [4.78, 5) is 14.4. The molecule has 1 aromatic rings. The lowest BCUT2D eigenvalue weighted by Crippen LogP contribution is -2.48. The highest BCUT2D eigenvalue weighted by atomic mass is 35.5. The van der Waals surface area contributed by atoms with Crippen molar-refractivity contribution < 1.29 is 19.0 Å². The number of amides is 1. The summed E-state index contributed by atoms with van der Waals surface area (Å²) in [6.07, 6.45) is 0.0655. The van der Waals surface area contributed by atoms with Crippen molar-refractivity contribution in [1.82, 2.24) is 4.90 Å². The lowest BCUT2D eigenvalue weighted by molar-refractivity contribution is -0.0586. The van der Waals surface area contributed by atoms with E-state index in [1.165, 1.54) is 0 Å². The van der Waals surface area contributed by atoms with E-state index in [1.54, 1.807) is 17.0 Å². The van der Waals surface area contributed by atoms with E-state index in [4.69, 9.17) is 25.8 Å². The number of fused-ring (bicyclic) bond motifs is 1. The third-order valence-corrected chi connectivity index (χ3v) is 3.83. The second-order valence-corrected chi connectivity index (χ2v) is 5.86. The summed E-state index contributed by atoms with van der Waals surface area (Å²) >= 11 is 6.19. The van der Waals surface area contributed by atoms with Gasteiger partial charge in [-0.05, 0) is 26.0 Å². The van der Waals surface area contributed by atoms with Gasteiger partial charge >= 0.3 is 0 Å². The van der Waals surface area contributed by atoms with Crippen LogP contribution < -0.4 is 9.47 Å². The van der Waals surface area contributed by atoms with Gasteiger partial charge in [0.2, 0.25) is 0 Å². The van der Waals surface area contributed by atoms with Gasteiger partial charge in [-0.15, -0.1) is 0 Å². The van der Waals surface area contributed by atoms with Gasteiger partial charge < -0.3 is 19.1 Å². The lowest BCUT2D eigenvalue weighted by Gasteiger charge is -2.35. The highest BCUT2D eigenvalue weighted by molar-refractivity contribution is 6.32. The van der Waals surface area contributed by atoms with Crippen LogP contribution in [0.15, 0.2) is 12.1 Å². The smallest absolute Gasteiger partial charge is 0.254 e. The van der Waals surface area contributed by atoms with Gasteiger partial charge in [0.15, 0.2) is 11.5 Å². The van der Waals surface area contributed by atoms with Gasteiger partial charge in [-0.3, -0.25) is 4.79 Å². The predicted molar refractivity (Wildman–Crippen MR) is 78.4 cm³/mol. The van der Waals surface area contributed by atoms with Crippen LogP contribution in [0.4, 0.5) is 0 Å². The van der Waals surface area contributed by atoms with Gasteiger partial charge in [0.1, 0.15) is 13.2 Å². The first-order valence-corrected chi connectivity index (χ1v) is 7.46. The second-order valence-electron chi connectivity index (χ2n) is 5.45. The Bertz CT molecular complexity index is 553. The summed E-state index contributed by atoms with van der Waals surface area (Å²) < 4.78 is 16.6. The molecule has 0 N–H and O–H groups in total. The minimum Gasteiger partial charge on any atom is -0.486 e. The molecule has 1 saturated heterocycles. The monoisotopic (exact) mass is 311 g/mol. The summed E-state index contributed by atoms with van der Waals surface area (Å²) in [6, 6.07) is 3.34. The van der Waals surface area contributed by atoms with E-state index in [2.05, 4.69) is 0 Å². The van der Waals surface area contributed by atoms with E-state index in [9.17, 15) is 4.79 Å². The van der Waals surface area contributed by atoms with Crippen molar-refractivity contribution in [3.05, 3.63) is 22.7 Å². The standard InChI is InChI=1S/C15H18ClNO4/c1-9-7-17(8-10(2)21-9)15(18)11-5-12(16)14-13(6-11)19-3-4-20-14/h5-6,9-10H,3-4,7-8H2,1-2H3/t9-,10-/m0/s1. The van der Waals surface area contributed by atoms with Gasteiger partial charge in [0.05, 0.1) is 17.2 Å². The zero-order valence-corrected chi connectivity index (χ0v) is 12.9. The molecule has 0 unspecified atom stereocenters. The van der Waals surface area contributed by atoms with Crippen molar-refractivity contribution in [2.45, 2.75) is 26.1 Å². The first kappa shape index (κ1) is 14.5. The molecule has 21 heavy (non-hydrogen) atoms. The zero-order valence-electron chi connectivity index (χ0n) is 12.1. The van der Waals surface area contributed by atoms with E-state index < -0.39 is 0 Å². The maximum atomic E-state index is 12.6. The van der Waals surface area contributed by atoms with Crippen LogP contribution in [0, 0.1) is 0 Å². The molecular weight excluding hydrogens is 294 g/mol. The van der Waals surface area contributed by atoms with Crippen LogP contribution in [-0.4, -0.2) is 49.3 Å². The summed E-state index contributed by atoms with van der Waals surface area (Å²) in [6.45, 7) is 6.02. The number of hydrogen-bond acceptors (Lipinski definition) is 4. The van der Waals surface area contributed by atoms with Crippen LogP contribution in [0.3, 0.4) is 0 Å². The fourth-order valence-electron chi connectivity index (χ4n) is 2.76. The normalized spacial score (nSPS) is 24.8. The number of morpholine rings is 1. The van der Waals surface area contributed by atoms with Crippen LogP contribution in [0.1, 0.15) is 24.2 Å². The van der Waals surface area contributed by atoms with Crippen LogP contribution in [0.5, 0.6) is 11.5 Å². The molecule has 2 aliphatic rings. The average Bonchev–Trinajstić information content (AvgIpc) is 2.45. The van der Waals surface area contributed by atoms with E-state index >= 15 is 0 Å². The summed E-state index contributed by atoms with van der Waals surface area (Å²) in [5.41, 5.74) is 0.519. The molecular formula is C15H18ClNO4. The Labute approximate surface area is 128 Å².